The highest BCUT2D eigenvalue weighted by atomic mass is 35.5. The Bertz CT molecular complexity index is 1210. The standard InChI is InChI=1S/C19H16ClFN8/c1-10(23)6-16(26-11(2)24)27-19-13-9-29(28-17(13)15(21)8-25-19)18-12(7-22)4-3-5-14(18)20/h3-6,8-9H,1,23H2,2H3,(H2,24,26)(H,25,27)/b16-6+. The van der Waals surface area contributed by atoms with Gasteiger partial charge in [0.1, 0.15) is 28.9 Å². The monoisotopic (exact) mass is 410 g/mol. The Kier molecular flexibility index (Phi) is 5.47. The first-order chi connectivity index (χ1) is 13.8. The average molecular weight is 411 g/mol. The van der Waals surface area contributed by atoms with E-state index in [0.29, 0.717) is 16.1 Å². The van der Waals surface area contributed by atoms with Gasteiger partial charge in [0.2, 0.25) is 0 Å². The molecule has 8 nitrogen and oxygen atoms in total. The summed E-state index contributed by atoms with van der Waals surface area (Å²) < 4.78 is 15.7. The molecular formula is C19H16ClFN8. The van der Waals surface area contributed by atoms with Crippen LogP contribution in [0.1, 0.15) is 12.5 Å². The van der Waals surface area contributed by atoms with Crippen molar-refractivity contribution < 1.29 is 4.39 Å². The second-order valence-electron chi connectivity index (χ2n) is 6.02. The predicted octanol–water partition coefficient (Wildman–Crippen LogP) is 3.19. The fraction of sp³-hybridized carbons (Fsp3) is 0.0526. The summed E-state index contributed by atoms with van der Waals surface area (Å²) >= 11 is 6.25. The molecule has 5 N–H and O–H groups in total. The zero-order chi connectivity index (χ0) is 21.1. The number of nitrogens with zero attached hydrogens (tertiary/aromatic N) is 5. The number of pyridine rings is 1. The first-order valence-corrected chi connectivity index (χ1v) is 8.64. The molecule has 10 heteroatoms. The van der Waals surface area contributed by atoms with Gasteiger partial charge in [0.05, 0.1) is 28.0 Å². The Morgan fingerprint density at radius 3 is 2.86 bits per heavy atom. The molecule has 0 saturated carbocycles. The van der Waals surface area contributed by atoms with E-state index >= 15 is 0 Å². The predicted molar refractivity (Wildman–Crippen MR) is 111 cm³/mol. The fourth-order valence-electron chi connectivity index (χ4n) is 2.61. The summed E-state index contributed by atoms with van der Waals surface area (Å²) in [6, 6.07) is 6.90. The van der Waals surface area contributed by atoms with Crippen molar-refractivity contribution in [1.29, 1.82) is 5.26 Å². The lowest BCUT2D eigenvalue weighted by Gasteiger charge is -2.08. The van der Waals surface area contributed by atoms with E-state index in [0.717, 1.165) is 6.20 Å². The summed E-state index contributed by atoms with van der Waals surface area (Å²) in [5, 5.41) is 17.2. The number of halogens is 2. The first kappa shape index (κ1) is 19.9. The first-order valence-electron chi connectivity index (χ1n) is 8.27. The summed E-state index contributed by atoms with van der Waals surface area (Å²) in [4.78, 5) is 8.20. The number of para-hydroxylation sites is 1. The number of benzene rings is 1. The molecule has 0 atom stereocenters. The third kappa shape index (κ3) is 4.17. The fourth-order valence-corrected chi connectivity index (χ4v) is 2.87. The second-order valence-corrected chi connectivity index (χ2v) is 6.43. The van der Waals surface area contributed by atoms with Gasteiger partial charge in [-0.05, 0) is 19.1 Å². The van der Waals surface area contributed by atoms with E-state index in [-0.39, 0.29) is 34.3 Å². The van der Waals surface area contributed by atoms with E-state index in [4.69, 9.17) is 23.1 Å². The topological polar surface area (TPSA) is 131 Å². The maximum absolute atomic E-state index is 14.4. The number of aliphatic imine (C=N–C) groups is 1. The third-order valence-corrected chi connectivity index (χ3v) is 4.01. The largest absolute Gasteiger partial charge is 0.399 e. The van der Waals surface area contributed by atoms with E-state index in [1.165, 1.54) is 17.0 Å². The van der Waals surface area contributed by atoms with Crippen molar-refractivity contribution in [3.63, 3.8) is 0 Å². The van der Waals surface area contributed by atoms with Crippen LogP contribution in [0.4, 0.5) is 10.2 Å². The Morgan fingerprint density at radius 2 is 2.21 bits per heavy atom. The van der Waals surface area contributed by atoms with Crippen molar-refractivity contribution in [3.8, 4) is 11.8 Å². The molecule has 0 radical (unpaired) electrons. The Balaban J connectivity index is 2.18. The molecule has 0 aliphatic carbocycles. The van der Waals surface area contributed by atoms with Gasteiger partial charge in [0.15, 0.2) is 5.82 Å². The highest BCUT2D eigenvalue weighted by Crippen LogP contribution is 2.29. The van der Waals surface area contributed by atoms with Crippen LogP contribution in [0.5, 0.6) is 0 Å². The molecule has 1 aromatic carbocycles. The molecule has 146 valence electrons. The Hall–Kier alpha value is -3.90. The van der Waals surface area contributed by atoms with Gasteiger partial charge in [-0.25, -0.2) is 19.0 Å². The number of hydrogen-bond donors (Lipinski definition) is 3. The van der Waals surface area contributed by atoms with Crippen LogP contribution in [-0.2, 0) is 0 Å². The maximum Gasteiger partial charge on any atom is 0.169 e. The van der Waals surface area contributed by atoms with Gasteiger partial charge in [-0.1, -0.05) is 24.2 Å². The maximum atomic E-state index is 14.4. The third-order valence-electron chi connectivity index (χ3n) is 3.70. The molecule has 0 amide bonds. The molecule has 0 spiro atoms. The van der Waals surface area contributed by atoms with Crippen LogP contribution < -0.4 is 16.8 Å². The van der Waals surface area contributed by atoms with Crippen molar-refractivity contribution in [2.75, 3.05) is 5.32 Å². The van der Waals surface area contributed by atoms with E-state index in [1.54, 1.807) is 25.1 Å². The lowest BCUT2D eigenvalue weighted by Crippen LogP contribution is -2.10. The highest BCUT2D eigenvalue weighted by molar-refractivity contribution is 6.32. The van der Waals surface area contributed by atoms with E-state index < -0.39 is 5.82 Å². The lowest BCUT2D eigenvalue weighted by atomic mass is 10.2. The number of fused-ring (bicyclic) bond motifs is 1. The van der Waals surface area contributed by atoms with Gasteiger partial charge >= 0.3 is 0 Å². The number of hydrogen-bond acceptors (Lipinski definition) is 6. The molecule has 29 heavy (non-hydrogen) atoms. The molecule has 2 heterocycles. The second kappa shape index (κ2) is 8.00. The lowest BCUT2D eigenvalue weighted by molar-refractivity contribution is 0.629. The molecule has 0 aliphatic heterocycles. The molecule has 0 bridgehead atoms. The van der Waals surface area contributed by atoms with Crippen LogP contribution in [0, 0.1) is 17.1 Å². The minimum absolute atomic E-state index is 0.0330. The number of nitrogens with two attached hydrogens (primary N) is 2. The van der Waals surface area contributed by atoms with E-state index in [9.17, 15) is 9.65 Å². The number of rotatable bonds is 5. The average Bonchev–Trinajstić information content (AvgIpc) is 3.08. The van der Waals surface area contributed by atoms with Crippen LogP contribution in [0.15, 0.2) is 59.8 Å². The van der Waals surface area contributed by atoms with Crippen LogP contribution >= 0.6 is 11.6 Å². The summed E-state index contributed by atoms with van der Waals surface area (Å²) in [6.07, 6.45) is 4.00. The molecular weight excluding hydrogens is 395 g/mol. The Labute approximate surface area is 170 Å². The molecule has 0 aliphatic rings. The molecule has 2 aromatic heterocycles. The number of amidine groups is 1. The SMILES string of the molecule is C=C(N)/C=C(\N=C(C)N)Nc1ncc(F)c2nn(-c3c(Cl)cccc3C#N)cc12. The number of nitrogens with one attached hydrogen (secondary N) is 1. The number of nitriles is 1. The molecule has 0 saturated heterocycles. The summed E-state index contributed by atoms with van der Waals surface area (Å²) in [5.41, 5.74) is 12.2. The van der Waals surface area contributed by atoms with Gasteiger partial charge in [0.25, 0.3) is 0 Å². The van der Waals surface area contributed by atoms with Crippen molar-refractivity contribution in [1.82, 2.24) is 14.8 Å². The number of allylic oxidation sites excluding steroid dienone is 1. The zero-order valence-corrected chi connectivity index (χ0v) is 16.1. The van der Waals surface area contributed by atoms with Crippen molar-refractivity contribution in [2.45, 2.75) is 6.92 Å². The molecule has 0 unspecified atom stereocenters. The van der Waals surface area contributed by atoms with E-state index in [1.807, 2.05) is 6.07 Å². The normalized spacial score (nSPS) is 12.1. The molecule has 3 aromatic rings. The van der Waals surface area contributed by atoms with Crippen molar-refractivity contribution in [2.24, 2.45) is 16.5 Å². The smallest absolute Gasteiger partial charge is 0.169 e. The minimum atomic E-state index is -0.637. The van der Waals surface area contributed by atoms with Gasteiger partial charge in [-0.2, -0.15) is 10.4 Å². The molecule has 0 fully saturated rings. The van der Waals surface area contributed by atoms with Gasteiger partial charge in [0, 0.05) is 18.0 Å². The van der Waals surface area contributed by atoms with Crippen LogP contribution in [-0.4, -0.2) is 20.6 Å². The van der Waals surface area contributed by atoms with Crippen molar-refractivity contribution >= 4 is 34.2 Å². The van der Waals surface area contributed by atoms with Gasteiger partial charge in [-0.15, -0.1) is 0 Å². The van der Waals surface area contributed by atoms with Gasteiger partial charge < -0.3 is 16.8 Å². The van der Waals surface area contributed by atoms with Crippen LogP contribution in [0.25, 0.3) is 16.6 Å². The summed E-state index contributed by atoms with van der Waals surface area (Å²) in [6.45, 7) is 5.20. The summed E-state index contributed by atoms with van der Waals surface area (Å²) in [5.74, 6) is 0.160. The summed E-state index contributed by atoms with van der Waals surface area (Å²) in [7, 11) is 0. The van der Waals surface area contributed by atoms with Crippen LogP contribution in [0.3, 0.4) is 0 Å². The van der Waals surface area contributed by atoms with Crippen molar-refractivity contribution in [3.05, 3.63) is 71.2 Å². The molecule has 3 rings (SSSR count). The highest BCUT2D eigenvalue weighted by Gasteiger charge is 2.17. The number of anilines is 1. The Morgan fingerprint density at radius 1 is 1.45 bits per heavy atom. The number of aromatic nitrogens is 3. The van der Waals surface area contributed by atoms with E-state index in [2.05, 4.69) is 27.0 Å². The zero-order valence-electron chi connectivity index (χ0n) is 15.3. The van der Waals surface area contributed by atoms with Crippen LogP contribution in [0.2, 0.25) is 5.02 Å². The quantitative estimate of drug-likeness (QED) is 0.336. The minimum Gasteiger partial charge on any atom is -0.399 e. The van der Waals surface area contributed by atoms with Gasteiger partial charge in [-0.3, -0.25) is 0 Å².